The van der Waals surface area contributed by atoms with Gasteiger partial charge in [-0.2, -0.15) is 0 Å². The molecule has 0 aliphatic heterocycles. The fourth-order valence-electron chi connectivity index (χ4n) is 1.25. The van der Waals surface area contributed by atoms with Gasteiger partial charge in [0.15, 0.2) is 5.78 Å². The second kappa shape index (κ2) is 5.10. The van der Waals surface area contributed by atoms with Crippen LogP contribution >= 0.6 is 22.9 Å². The van der Waals surface area contributed by atoms with Crippen LogP contribution in [-0.4, -0.2) is 5.78 Å². The second-order valence-electron chi connectivity index (χ2n) is 3.23. The molecule has 0 radical (unpaired) electrons. The fraction of sp³-hybridized carbons (Fsp3) is 0. The van der Waals surface area contributed by atoms with Gasteiger partial charge < -0.3 is 0 Å². The Labute approximate surface area is 103 Å². The SMILES string of the molecule is O=C(/C=C\c1ccc(Cl)cc1)c1cccs1. The van der Waals surface area contributed by atoms with Gasteiger partial charge in [-0.3, -0.25) is 4.79 Å². The Kier molecular flexibility index (Phi) is 3.54. The topological polar surface area (TPSA) is 17.1 Å². The molecule has 0 saturated carbocycles. The Morgan fingerprint density at radius 3 is 2.56 bits per heavy atom. The molecule has 0 N–H and O–H groups in total. The first-order chi connectivity index (χ1) is 7.75. The Morgan fingerprint density at radius 2 is 1.94 bits per heavy atom. The standard InChI is InChI=1S/C13H9ClOS/c14-11-6-3-10(4-7-11)5-8-12(15)13-2-1-9-16-13/h1-9H/b8-5-. The van der Waals surface area contributed by atoms with E-state index in [1.165, 1.54) is 11.3 Å². The molecule has 1 heterocycles. The van der Waals surface area contributed by atoms with Crippen LogP contribution in [0.3, 0.4) is 0 Å². The predicted molar refractivity (Wildman–Crippen MR) is 69.1 cm³/mol. The van der Waals surface area contributed by atoms with E-state index in [2.05, 4.69) is 0 Å². The zero-order valence-electron chi connectivity index (χ0n) is 8.39. The van der Waals surface area contributed by atoms with Gasteiger partial charge in [-0.25, -0.2) is 0 Å². The lowest BCUT2D eigenvalue weighted by Gasteiger charge is -1.93. The molecule has 1 aromatic heterocycles. The summed E-state index contributed by atoms with van der Waals surface area (Å²) in [5.41, 5.74) is 0.967. The number of hydrogen-bond donors (Lipinski definition) is 0. The lowest BCUT2D eigenvalue weighted by atomic mass is 10.2. The van der Waals surface area contributed by atoms with Crippen LogP contribution in [0.25, 0.3) is 6.08 Å². The van der Waals surface area contributed by atoms with Crippen LogP contribution < -0.4 is 0 Å². The summed E-state index contributed by atoms with van der Waals surface area (Å²) in [5.74, 6) is 0.0324. The van der Waals surface area contributed by atoms with Gasteiger partial charge in [0.25, 0.3) is 0 Å². The van der Waals surface area contributed by atoms with Crippen molar-refractivity contribution < 1.29 is 4.79 Å². The number of thiophene rings is 1. The summed E-state index contributed by atoms with van der Waals surface area (Å²) < 4.78 is 0. The molecule has 2 rings (SSSR count). The van der Waals surface area contributed by atoms with E-state index in [-0.39, 0.29) is 5.78 Å². The summed E-state index contributed by atoms with van der Waals surface area (Å²) in [5, 5.41) is 2.59. The van der Waals surface area contributed by atoms with Crippen LogP contribution in [0.4, 0.5) is 0 Å². The van der Waals surface area contributed by atoms with Gasteiger partial charge in [0.05, 0.1) is 4.88 Å². The molecule has 1 nitrogen and oxygen atoms in total. The van der Waals surface area contributed by atoms with E-state index in [4.69, 9.17) is 11.6 Å². The first kappa shape index (κ1) is 11.1. The predicted octanol–water partition coefficient (Wildman–Crippen LogP) is 4.30. The molecule has 2 aromatic rings. The Bertz CT molecular complexity index is 497. The lowest BCUT2D eigenvalue weighted by Crippen LogP contribution is -1.88. The molecule has 0 aliphatic carbocycles. The molecule has 3 heteroatoms. The number of rotatable bonds is 3. The molecule has 0 fully saturated rings. The molecular formula is C13H9ClOS. The molecule has 0 spiro atoms. The molecular weight excluding hydrogens is 240 g/mol. The Balaban J connectivity index is 2.10. The minimum atomic E-state index is 0.0324. The van der Waals surface area contributed by atoms with Crippen LogP contribution in [0.5, 0.6) is 0 Å². The number of carbonyl (C=O) groups excluding carboxylic acids is 1. The third-order valence-electron chi connectivity index (χ3n) is 2.06. The maximum atomic E-state index is 11.6. The molecule has 0 atom stereocenters. The maximum absolute atomic E-state index is 11.6. The largest absolute Gasteiger partial charge is 0.288 e. The normalized spacial score (nSPS) is 10.8. The number of ketones is 1. The van der Waals surface area contributed by atoms with Crippen LogP contribution in [0.1, 0.15) is 15.2 Å². The van der Waals surface area contributed by atoms with Crippen molar-refractivity contribution in [2.75, 3.05) is 0 Å². The summed E-state index contributed by atoms with van der Waals surface area (Å²) in [6.45, 7) is 0. The highest BCUT2D eigenvalue weighted by Crippen LogP contribution is 2.13. The summed E-state index contributed by atoms with van der Waals surface area (Å²) in [6.07, 6.45) is 3.37. The van der Waals surface area contributed by atoms with Crippen molar-refractivity contribution in [3.63, 3.8) is 0 Å². The molecule has 0 aliphatic rings. The highest BCUT2D eigenvalue weighted by Gasteiger charge is 2.01. The number of allylic oxidation sites excluding steroid dienone is 1. The third kappa shape index (κ3) is 2.81. The maximum Gasteiger partial charge on any atom is 0.195 e. The highest BCUT2D eigenvalue weighted by molar-refractivity contribution is 7.12. The summed E-state index contributed by atoms with van der Waals surface area (Å²) in [7, 11) is 0. The smallest absolute Gasteiger partial charge is 0.195 e. The van der Waals surface area contributed by atoms with Crippen molar-refractivity contribution in [1.82, 2.24) is 0 Å². The van der Waals surface area contributed by atoms with Crippen molar-refractivity contribution in [2.45, 2.75) is 0 Å². The second-order valence-corrected chi connectivity index (χ2v) is 4.61. The van der Waals surface area contributed by atoms with Crippen molar-refractivity contribution in [3.05, 3.63) is 63.3 Å². The van der Waals surface area contributed by atoms with Crippen molar-refractivity contribution in [1.29, 1.82) is 0 Å². The zero-order valence-corrected chi connectivity index (χ0v) is 9.96. The monoisotopic (exact) mass is 248 g/mol. The summed E-state index contributed by atoms with van der Waals surface area (Å²) in [6, 6.07) is 11.0. The van der Waals surface area contributed by atoms with Gasteiger partial charge in [-0.15, -0.1) is 11.3 Å². The van der Waals surface area contributed by atoms with Crippen LogP contribution in [-0.2, 0) is 0 Å². The van der Waals surface area contributed by atoms with Gasteiger partial charge in [-0.1, -0.05) is 35.9 Å². The minimum Gasteiger partial charge on any atom is -0.288 e. The van der Waals surface area contributed by atoms with Crippen molar-refractivity contribution >= 4 is 34.8 Å². The van der Waals surface area contributed by atoms with Crippen molar-refractivity contribution in [2.24, 2.45) is 0 Å². The average molecular weight is 249 g/mol. The van der Waals surface area contributed by atoms with Gasteiger partial charge in [0.1, 0.15) is 0 Å². The zero-order chi connectivity index (χ0) is 11.4. The van der Waals surface area contributed by atoms with E-state index in [1.807, 2.05) is 29.6 Å². The van der Waals surface area contributed by atoms with E-state index in [0.717, 1.165) is 10.4 Å². The van der Waals surface area contributed by atoms with E-state index in [9.17, 15) is 4.79 Å². The number of halogens is 1. The first-order valence-corrected chi connectivity index (χ1v) is 6.03. The average Bonchev–Trinajstić information content (AvgIpc) is 2.81. The van der Waals surface area contributed by atoms with E-state index in [1.54, 1.807) is 24.3 Å². The van der Waals surface area contributed by atoms with Crippen molar-refractivity contribution in [3.8, 4) is 0 Å². The molecule has 0 unspecified atom stereocenters. The van der Waals surface area contributed by atoms with Crippen LogP contribution in [0.15, 0.2) is 47.9 Å². The fourth-order valence-corrected chi connectivity index (χ4v) is 2.02. The molecule has 1 aromatic carbocycles. The quantitative estimate of drug-likeness (QED) is 0.585. The van der Waals surface area contributed by atoms with E-state index >= 15 is 0 Å². The van der Waals surface area contributed by atoms with E-state index < -0.39 is 0 Å². The Hall–Kier alpha value is -1.38. The number of hydrogen-bond acceptors (Lipinski definition) is 2. The lowest BCUT2D eigenvalue weighted by molar-refractivity contribution is 0.105. The summed E-state index contributed by atoms with van der Waals surface area (Å²) >= 11 is 7.21. The minimum absolute atomic E-state index is 0.0324. The molecule has 0 amide bonds. The van der Waals surface area contributed by atoms with Gasteiger partial charge in [0, 0.05) is 5.02 Å². The molecule has 0 saturated heterocycles. The van der Waals surface area contributed by atoms with Gasteiger partial charge >= 0.3 is 0 Å². The van der Waals surface area contributed by atoms with E-state index in [0.29, 0.717) is 5.02 Å². The Morgan fingerprint density at radius 1 is 1.19 bits per heavy atom. The molecule has 16 heavy (non-hydrogen) atoms. The van der Waals surface area contributed by atoms with Gasteiger partial charge in [0.2, 0.25) is 0 Å². The third-order valence-corrected chi connectivity index (χ3v) is 3.20. The number of benzene rings is 1. The molecule has 80 valence electrons. The van der Waals surface area contributed by atoms with Crippen LogP contribution in [0, 0.1) is 0 Å². The number of carbonyl (C=O) groups is 1. The highest BCUT2D eigenvalue weighted by atomic mass is 35.5. The van der Waals surface area contributed by atoms with Crippen LogP contribution in [0.2, 0.25) is 5.02 Å². The first-order valence-electron chi connectivity index (χ1n) is 4.77. The summed E-state index contributed by atoms with van der Waals surface area (Å²) in [4.78, 5) is 12.4. The van der Waals surface area contributed by atoms with Gasteiger partial charge in [-0.05, 0) is 35.2 Å². The molecule has 0 bridgehead atoms.